The largest absolute Gasteiger partial charge is 0.375 e. The minimum atomic E-state index is 0.102. The summed E-state index contributed by atoms with van der Waals surface area (Å²) >= 11 is 0. The van der Waals surface area contributed by atoms with Gasteiger partial charge in [-0.15, -0.1) is 0 Å². The van der Waals surface area contributed by atoms with E-state index in [1.807, 2.05) is 6.92 Å². The van der Waals surface area contributed by atoms with Gasteiger partial charge < -0.3 is 15.4 Å². The second-order valence-corrected chi connectivity index (χ2v) is 5.03. The van der Waals surface area contributed by atoms with Crippen molar-refractivity contribution in [1.82, 2.24) is 0 Å². The minimum Gasteiger partial charge on any atom is -0.375 e. The predicted molar refractivity (Wildman–Crippen MR) is 71.3 cm³/mol. The molecule has 1 aliphatic rings. The van der Waals surface area contributed by atoms with Crippen molar-refractivity contribution < 1.29 is 4.74 Å². The Morgan fingerprint density at radius 2 is 1.94 bits per heavy atom. The molecular weight excluding hydrogens is 212 g/mol. The summed E-state index contributed by atoms with van der Waals surface area (Å²) in [7, 11) is 0. The molecule has 3 heteroatoms. The van der Waals surface area contributed by atoms with Gasteiger partial charge in [-0.2, -0.15) is 0 Å². The predicted octanol–water partition coefficient (Wildman–Crippen LogP) is 2.32. The first kappa shape index (κ1) is 12.4. The van der Waals surface area contributed by atoms with Gasteiger partial charge in [0.05, 0.1) is 12.7 Å². The number of hydrogen-bond donors (Lipinski definition) is 1. The molecule has 2 unspecified atom stereocenters. The molecule has 1 saturated heterocycles. The third-order valence-electron chi connectivity index (χ3n) is 3.36. The topological polar surface area (TPSA) is 38.5 Å². The molecule has 1 fully saturated rings. The van der Waals surface area contributed by atoms with Crippen molar-refractivity contribution in [3.8, 4) is 0 Å². The number of rotatable bonds is 2. The number of ether oxygens (including phenoxy) is 1. The molecule has 2 N–H and O–H groups in total. The fourth-order valence-corrected chi connectivity index (χ4v) is 2.23. The minimum absolute atomic E-state index is 0.102. The lowest BCUT2D eigenvalue weighted by Gasteiger charge is -2.38. The summed E-state index contributed by atoms with van der Waals surface area (Å²) in [5.74, 6) is 0. The van der Waals surface area contributed by atoms with Gasteiger partial charge in [0.1, 0.15) is 0 Å². The van der Waals surface area contributed by atoms with Crippen molar-refractivity contribution in [1.29, 1.82) is 0 Å². The molecule has 3 atom stereocenters. The standard InChI is InChI=1S/C14H22N2O/c1-10-9-17-11(2)8-16(10)14-6-4-13(5-7-14)12(3)15/h4-7,10-12H,8-9,15H2,1-3H3/t10?,11?,12-/m0/s1. The van der Waals surface area contributed by atoms with Gasteiger partial charge in [-0.1, -0.05) is 12.1 Å². The van der Waals surface area contributed by atoms with Crippen molar-refractivity contribution in [2.75, 3.05) is 18.1 Å². The average Bonchev–Trinajstić information content (AvgIpc) is 2.32. The molecule has 3 nitrogen and oxygen atoms in total. The fraction of sp³-hybridized carbons (Fsp3) is 0.571. The molecule has 94 valence electrons. The molecule has 0 aromatic heterocycles. The van der Waals surface area contributed by atoms with E-state index in [1.54, 1.807) is 0 Å². The highest BCUT2D eigenvalue weighted by molar-refractivity contribution is 5.49. The normalized spacial score (nSPS) is 26.9. The SMILES string of the molecule is CC1CN(c2ccc([C@H](C)N)cc2)C(C)CO1. The van der Waals surface area contributed by atoms with Crippen LogP contribution >= 0.6 is 0 Å². The summed E-state index contributed by atoms with van der Waals surface area (Å²) in [5.41, 5.74) is 8.30. The van der Waals surface area contributed by atoms with Crippen LogP contribution in [0, 0.1) is 0 Å². The van der Waals surface area contributed by atoms with Gasteiger partial charge in [0.2, 0.25) is 0 Å². The van der Waals surface area contributed by atoms with Gasteiger partial charge >= 0.3 is 0 Å². The van der Waals surface area contributed by atoms with E-state index in [2.05, 4.69) is 43.0 Å². The van der Waals surface area contributed by atoms with Crippen LogP contribution < -0.4 is 10.6 Å². The molecule has 0 radical (unpaired) electrons. The number of anilines is 1. The summed E-state index contributed by atoms with van der Waals surface area (Å²) in [5, 5.41) is 0. The Labute approximate surface area is 104 Å². The lowest BCUT2D eigenvalue weighted by molar-refractivity contribution is 0.0344. The zero-order valence-electron chi connectivity index (χ0n) is 10.9. The molecule has 17 heavy (non-hydrogen) atoms. The monoisotopic (exact) mass is 234 g/mol. The molecule has 0 bridgehead atoms. The van der Waals surface area contributed by atoms with E-state index in [9.17, 15) is 0 Å². The number of benzene rings is 1. The van der Waals surface area contributed by atoms with E-state index in [0.29, 0.717) is 12.1 Å². The van der Waals surface area contributed by atoms with Crippen molar-refractivity contribution in [3.63, 3.8) is 0 Å². The highest BCUT2D eigenvalue weighted by Crippen LogP contribution is 2.23. The zero-order valence-corrected chi connectivity index (χ0v) is 10.9. The number of nitrogens with zero attached hydrogens (tertiary/aromatic N) is 1. The maximum Gasteiger partial charge on any atom is 0.0723 e. The molecule has 0 aliphatic carbocycles. The molecule has 1 aliphatic heterocycles. The van der Waals surface area contributed by atoms with Crippen LogP contribution in [0.5, 0.6) is 0 Å². The number of morpholine rings is 1. The van der Waals surface area contributed by atoms with Crippen LogP contribution in [0.4, 0.5) is 5.69 Å². The first-order chi connectivity index (χ1) is 8.08. The first-order valence-corrected chi connectivity index (χ1v) is 6.31. The highest BCUT2D eigenvalue weighted by atomic mass is 16.5. The summed E-state index contributed by atoms with van der Waals surface area (Å²) in [6.45, 7) is 8.09. The number of nitrogens with two attached hydrogens (primary N) is 1. The van der Waals surface area contributed by atoms with Gasteiger partial charge in [-0.25, -0.2) is 0 Å². The van der Waals surface area contributed by atoms with E-state index >= 15 is 0 Å². The van der Waals surface area contributed by atoms with Crippen LogP contribution in [0.3, 0.4) is 0 Å². The van der Waals surface area contributed by atoms with E-state index in [0.717, 1.165) is 13.2 Å². The summed E-state index contributed by atoms with van der Waals surface area (Å²) in [4.78, 5) is 2.40. The number of hydrogen-bond acceptors (Lipinski definition) is 3. The van der Waals surface area contributed by atoms with E-state index < -0.39 is 0 Å². The van der Waals surface area contributed by atoms with E-state index in [1.165, 1.54) is 11.3 Å². The average molecular weight is 234 g/mol. The summed E-state index contributed by atoms with van der Waals surface area (Å²) < 4.78 is 5.64. The lowest BCUT2D eigenvalue weighted by Crippen LogP contribution is -2.47. The zero-order chi connectivity index (χ0) is 12.4. The Bertz CT molecular complexity index is 361. The quantitative estimate of drug-likeness (QED) is 0.853. The van der Waals surface area contributed by atoms with Crippen LogP contribution in [0.1, 0.15) is 32.4 Å². The Morgan fingerprint density at radius 3 is 2.53 bits per heavy atom. The smallest absolute Gasteiger partial charge is 0.0723 e. The van der Waals surface area contributed by atoms with Crippen LogP contribution in [0.25, 0.3) is 0 Å². The van der Waals surface area contributed by atoms with Crippen molar-refractivity contribution in [3.05, 3.63) is 29.8 Å². The van der Waals surface area contributed by atoms with E-state index in [4.69, 9.17) is 10.5 Å². The molecule has 1 aromatic carbocycles. The Balaban J connectivity index is 2.15. The maximum absolute atomic E-state index is 5.86. The third-order valence-corrected chi connectivity index (χ3v) is 3.36. The second-order valence-electron chi connectivity index (χ2n) is 5.03. The molecule has 0 saturated carbocycles. The van der Waals surface area contributed by atoms with Crippen LogP contribution in [0.2, 0.25) is 0 Å². The molecule has 2 rings (SSSR count). The second kappa shape index (κ2) is 5.07. The lowest BCUT2D eigenvalue weighted by atomic mass is 10.1. The summed E-state index contributed by atoms with van der Waals surface area (Å²) in [6.07, 6.45) is 0.305. The molecule has 1 heterocycles. The van der Waals surface area contributed by atoms with Crippen LogP contribution in [0.15, 0.2) is 24.3 Å². The third kappa shape index (κ3) is 2.79. The maximum atomic E-state index is 5.86. The Hall–Kier alpha value is -1.06. The molecule has 0 amide bonds. The van der Waals surface area contributed by atoms with Crippen molar-refractivity contribution >= 4 is 5.69 Å². The van der Waals surface area contributed by atoms with Gasteiger partial charge in [-0.3, -0.25) is 0 Å². The van der Waals surface area contributed by atoms with Gasteiger partial charge in [0, 0.05) is 24.3 Å². The van der Waals surface area contributed by atoms with Crippen LogP contribution in [-0.4, -0.2) is 25.3 Å². The van der Waals surface area contributed by atoms with Gasteiger partial charge in [0.25, 0.3) is 0 Å². The fourth-order valence-electron chi connectivity index (χ4n) is 2.23. The Morgan fingerprint density at radius 1 is 1.29 bits per heavy atom. The van der Waals surface area contributed by atoms with Crippen molar-refractivity contribution in [2.45, 2.75) is 39.0 Å². The molecular formula is C14H22N2O. The van der Waals surface area contributed by atoms with Crippen LogP contribution in [-0.2, 0) is 4.74 Å². The van der Waals surface area contributed by atoms with E-state index in [-0.39, 0.29) is 6.04 Å². The van der Waals surface area contributed by atoms with Crippen molar-refractivity contribution in [2.24, 2.45) is 5.73 Å². The summed E-state index contributed by atoms with van der Waals surface area (Å²) in [6, 6.07) is 9.10. The van der Waals surface area contributed by atoms with Gasteiger partial charge in [-0.05, 0) is 38.5 Å². The molecule has 0 spiro atoms. The molecule has 1 aromatic rings. The highest BCUT2D eigenvalue weighted by Gasteiger charge is 2.23. The van der Waals surface area contributed by atoms with Gasteiger partial charge in [0.15, 0.2) is 0 Å². The Kier molecular flexibility index (Phi) is 3.69. The first-order valence-electron chi connectivity index (χ1n) is 6.31.